The quantitative estimate of drug-likeness (QED) is 0.866. The second kappa shape index (κ2) is 6.51. The molecule has 0 aliphatic carbocycles. The van der Waals surface area contributed by atoms with Gasteiger partial charge in [-0.05, 0) is 55.8 Å². The topological polar surface area (TPSA) is 83.6 Å². The normalized spacial score (nSPS) is 19.7. The van der Waals surface area contributed by atoms with Gasteiger partial charge in [-0.25, -0.2) is 13.1 Å². The molecule has 0 bridgehead atoms. The smallest absolute Gasteiger partial charge is 0.265 e. The zero-order valence-electron chi connectivity index (χ0n) is 14.8. The van der Waals surface area contributed by atoms with E-state index in [9.17, 15) is 18.0 Å². The molecule has 1 aliphatic rings. The van der Waals surface area contributed by atoms with E-state index in [0.29, 0.717) is 23.4 Å². The van der Waals surface area contributed by atoms with E-state index in [2.05, 4.69) is 4.72 Å². The van der Waals surface area contributed by atoms with Crippen molar-refractivity contribution in [2.24, 2.45) is 0 Å². The fourth-order valence-corrected chi connectivity index (χ4v) is 5.18. The molecule has 0 radical (unpaired) electrons. The number of benzene rings is 1. The van der Waals surface area contributed by atoms with E-state index >= 15 is 0 Å². The Bertz CT molecular complexity index is 981. The Hall–Kier alpha value is -2.19. The minimum absolute atomic E-state index is 0.0586. The van der Waals surface area contributed by atoms with E-state index in [0.717, 1.165) is 5.56 Å². The maximum Gasteiger partial charge on any atom is 0.265 e. The van der Waals surface area contributed by atoms with Crippen molar-refractivity contribution < 1.29 is 18.0 Å². The maximum absolute atomic E-state index is 12.7. The van der Waals surface area contributed by atoms with Crippen LogP contribution in [-0.2, 0) is 14.8 Å². The molecule has 1 saturated heterocycles. The zero-order valence-corrected chi connectivity index (χ0v) is 16.4. The molecule has 0 spiro atoms. The average Bonchev–Trinajstić information content (AvgIpc) is 2.98. The van der Waals surface area contributed by atoms with Gasteiger partial charge in [0.1, 0.15) is 5.54 Å². The molecule has 0 saturated carbocycles. The number of nitrogens with zero attached hydrogens (tertiary/aromatic N) is 1. The lowest BCUT2D eigenvalue weighted by Crippen LogP contribution is -2.67. The highest BCUT2D eigenvalue weighted by molar-refractivity contribution is 7.90. The number of likely N-dealkylation sites (tertiary alicyclic amines) is 1. The molecule has 1 unspecified atom stereocenters. The Morgan fingerprint density at radius 1 is 1.15 bits per heavy atom. The van der Waals surface area contributed by atoms with Gasteiger partial charge in [-0.2, -0.15) is 0 Å². The number of aryl methyl sites for hydroxylation is 2. The molecule has 26 heavy (non-hydrogen) atoms. The third-order valence-electron chi connectivity index (χ3n) is 4.82. The summed E-state index contributed by atoms with van der Waals surface area (Å²) < 4.78 is 27.3. The van der Waals surface area contributed by atoms with Crippen LogP contribution in [0.15, 0.2) is 40.6 Å². The first-order chi connectivity index (χ1) is 12.2. The van der Waals surface area contributed by atoms with Gasteiger partial charge in [0.05, 0.1) is 9.77 Å². The van der Waals surface area contributed by atoms with Crippen molar-refractivity contribution in [2.75, 3.05) is 6.54 Å². The summed E-state index contributed by atoms with van der Waals surface area (Å²) in [5.74, 6) is -0.927. The van der Waals surface area contributed by atoms with Gasteiger partial charge in [0.25, 0.3) is 21.8 Å². The predicted molar refractivity (Wildman–Crippen MR) is 99.6 cm³/mol. The molecular weight excluding hydrogens is 372 g/mol. The average molecular weight is 393 g/mol. The van der Waals surface area contributed by atoms with Crippen molar-refractivity contribution in [2.45, 2.75) is 37.6 Å². The van der Waals surface area contributed by atoms with Crippen molar-refractivity contribution in [3.05, 3.63) is 51.7 Å². The molecule has 2 aromatic rings. The number of hydrogen-bond acceptors (Lipinski definition) is 5. The van der Waals surface area contributed by atoms with E-state index in [1.807, 2.05) is 18.4 Å². The Balaban J connectivity index is 1.82. The van der Waals surface area contributed by atoms with E-state index in [1.165, 1.54) is 22.3 Å². The van der Waals surface area contributed by atoms with E-state index < -0.39 is 21.5 Å². The van der Waals surface area contributed by atoms with Crippen LogP contribution in [0.3, 0.4) is 0 Å². The highest BCUT2D eigenvalue weighted by atomic mass is 32.2. The number of carbonyl (C=O) groups excluding carboxylic acids is 2. The molecular formula is C18H20N2O4S2. The highest BCUT2D eigenvalue weighted by Crippen LogP contribution is 2.34. The number of rotatable bonds is 4. The molecule has 1 aliphatic heterocycles. The van der Waals surface area contributed by atoms with Crippen LogP contribution < -0.4 is 4.72 Å². The summed E-state index contributed by atoms with van der Waals surface area (Å²) in [6.45, 7) is 5.52. The zero-order chi connectivity index (χ0) is 19.1. The van der Waals surface area contributed by atoms with E-state index in [4.69, 9.17) is 0 Å². The Labute approximate surface area is 156 Å². The summed E-state index contributed by atoms with van der Waals surface area (Å²) in [4.78, 5) is 27.5. The molecule has 1 N–H and O–H groups in total. The Morgan fingerprint density at radius 3 is 2.38 bits per heavy atom. The molecule has 138 valence electrons. The molecule has 2 amide bonds. The molecule has 6 nitrogen and oxygen atoms in total. The number of hydrogen-bond donors (Lipinski definition) is 1. The molecule has 1 atom stereocenters. The van der Waals surface area contributed by atoms with Gasteiger partial charge in [0.2, 0.25) is 0 Å². The van der Waals surface area contributed by atoms with Crippen LogP contribution in [0.4, 0.5) is 0 Å². The summed E-state index contributed by atoms with van der Waals surface area (Å²) in [7, 11) is -4.00. The summed E-state index contributed by atoms with van der Waals surface area (Å²) in [6.07, 6.45) is 0.415. The number of thiophene rings is 1. The van der Waals surface area contributed by atoms with Gasteiger partial charge in [0.15, 0.2) is 0 Å². The van der Waals surface area contributed by atoms with Crippen LogP contribution in [0.1, 0.15) is 34.1 Å². The van der Waals surface area contributed by atoms with Crippen molar-refractivity contribution in [3.8, 4) is 0 Å². The van der Waals surface area contributed by atoms with Gasteiger partial charge in [-0.1, -0.05) is 18.2 Å². The van der Waals surface area contributed by atoms with E-state index in [1.54, 1.807) is 32.0 Å². The predicted octanol–water partition coefficient (Wildman–Crippen LogP) is 2.47. The molecule has 8 heteroatoms. The number of sulfonamides is 1. The van der Waals surface area contributed by atoms with Crippen LogP contribution in [-0.4, -0.2) is 37.2 Å². The van der Waals surface area contributed by atoms with Gasteiger partial charge in [-0.3, -0.25) is 9.59 Å². The Morgan fingerprint density at radius 2 is 1.85 bits per heavy atom. The third-order valence-corrected chi connectivity index (χ3v) is 7.31. The summed E-state index contributed by atoms with van der Waals surface area (Å²) in [5.41, 5.74) is 0.222. The largest absolute Gasteiger partial charge is 0.323 e. The number of amides is 2. The van der Waals surface area contributed by atoms with Gasteiger partial charge < -0.3 is 4.90 Å². The fourth-order valence-electron chi connectivity index (χ4n) is 2.98. The first kappa shape index (κ1) is 18.6. The highest BCUT2D eigenvalue weighted by Gasteiger charge is 2.51. The molecule has 1 aromatic heterocycles. The lowest BCUT2D eigenvalue weighted by Gasteiger charge is -2.48. The van der Waals surface area contributed by atoms with Gasteiger partial charge in [-0.15, -0.1) is 11.3 Å². The van der Waals surface area contributed by atoms with Crippen LogP contribution in [0, 0.1) is 13.8 Å². The molecule has 1 aromatic carbocycles. The van der Waals surface area contributed by atoms with Crippen molar-refractivity contribution in [1.82, 2.24) is 9.62 Å². The molecule has 3 rings (SSSR count). The van der Waals surface area contributed by atoms with Crippen LogP contribution in [0.2, 0.25) is 0 Å². The van der Waals surface area contributed by atoms with E-state index in [-0.39, 0.29) is 10.8 Å². The minimum Gasteiger partial charge on any atom is -0.323 e. The SMILES string of the molecule is Cc1ccccc1S(=O)(=O)NC(=O)C1(C)CCN1C(=O)c1sccc1C. The first-order valence-electron chi connectivity index (χ1n) is 8.16. The van der Waals surface area contributed by atoms with Gasteiger partial charge in [0, 0.05) is 6.54 Å². The standard InChI is InChI=1S/C18H20N2O4S2/c1-12-6-4-5-7-14(12)26(23,24)19-17(22)18(3)9-10-20(18)16(21)15-13(2)8-11-25-15/h4-8,11H,9-10H2,1-3H3,(H,19,22). The van der Waals surface area contributed by atoms with Crippen LogP contribution in [0.5, 0.6) is 0 Å². The second-order valence-corrected chi connectivity index (χ2v) is 9.18. The fraction of sp³-hybridized carbons (Fsp3) is 0.333. The first-order valence-corrected chi connectivity index (χ1v) is 10.5. The Kier molecular flexibility index (Phi) is 4.66. The van der Waals surface area contributed by atoms with Crippen molar-refractivity contribution in [3.63, 3.8) is 0 Å². The minimum atomic E-state index is -4.00. The molecule has 1 fully saturated rings. The lowest BCUT2D eigenvalue weighted by molar-refractivity contribution is -0.135. The summed E-state index contributed by atoms with van der Waals surface area (Å²) >= 11 is 1.32. The van der Waals surface area contributed by atoms with Crippen molar-refractivity contribution >= 4 is 33.2 Å². The maximum atomic E-state index is 12.7. The number of nitrogens with one attached hydrogen (secondary N) is 1. The monoisotopic (exact) mass is 392 g/mol. The summed E-state index contributed by atoms with van der Waals surface area (Å²) in [6, 6.07) is 8.29. The third kappa shape index (κ3) is 3.03. The van der Waals surface area contributed by atoms with Gasteiger partial charge >= 0.3 is 0 Å². The van der Waals surface area contributed by atoms with Crippen LogP contribution >= 0.6 is 11.3 Å². The molecule has 2 heterocycles. The second-order valence-electron chi connectivity index (χ2n) is 6.61. The lowest BCUT2D eigenvalue weighted by atomic mass is 9.85. The number of carbonyl (C=O) groups is 2. The van der Waals surface area contributed by atoms with Crippen LogP contribution in [0.25, 0.3) is 0 Å². The summed E-state index contributed by atoms with van der Waals surface area (Å²) in [5, 5.41) is 1.82. The van der Waals surface area contributed by atoms with Crippen molar-refractivity contribution in [1.29, 1.82) is 0 Å².